The van der Waals surface area contributed by atoms with Gasteiger partial charge in [0.2, 0.25) is 11.8 Å². The van der Waals surface area contributed by atoms with Crippen molar-refractivity contribution in [2.24, 2.45) is 0 Å². The number of hydrogen-bond donors (Lipinski definition) is 3. The Morgan fingerprint density at radius 2 is 2.14 bits per heavy atom. The first kappa shape index (κ1) is 18.1. The largest absolute Gasteiger partial charge is 0.345 e. The maximum Gasteiger partial charge on any atom is 0.272 e. The molecule has 3 amide bonds. The van der Waals surface area contributed by atoms with E-state index in [9.17, 15) is 14.4 Å². The zero-order chi connectivity index (χ0) is 19.7. The smallest absolute Gasteiger partial charge is 0.272 e. The third-order valence-electron chi connectivity index (χ3n) is 5.02. The number of carbonyl (C=O) groups excluding carboxylic acids is 3. The summed E-state index contributed by atoms with van der Waals surface area (Å²) >= 11 is 0. The third-order valence-corrected chi connectivity index (χ3v) is 5.02. The lowest BCUT2D eigenvalue weighted by Crippen LogP contribution is -2.46. The molecule has 0 radical (unpaired) electrons. The zero-order valence-corrected chi connectivity index (χ0v) is 15.5. The van der Waals surface area contributed by atoms with Gasteiger partial charge in [-0.25, -0.2) is 0 Å². The fourth-order valence-corrected chi connectivity index (χ4v) is 3.48. The van der Waals surface area contributed by atoms with E-state index in [0.717, 1.165) is 17.0 Å². The Morgan fingerprint density at radius 3 is 2.86 bits per heavy atom. The molecule has 0 spiro atoms. The Hall–Kier alpha value is -3.30. The van der Waals surface area contributed by atoms with Crippen LogP contribution >= 0.6 is 0 Å². The summed E-state index contributed by atoms with van der Waals surface area (Å²) < 4.78 is 0. The van der Waals surface area contributed by atoms with Crippen molar-refractivity contribution >= 4 is 17.7 Å². The Kier molecular flexibility index (Phi) is 4.76. The molecule has 1 fully saturated rings. The molecule has 4 heterocycles. The van der Waals surface area contributed by atoms with E-state index in [1.807, 2.05) is 6.92 Å². The van der Waals surface area contributed by atoms with E-state index in [1.54, 1.807) is 17.3 Å². The molecule has 1 atom stereocenters. The van der Waals surface area contributed by atoms with Crippen molar-refractivity contribution in [1.82, 2.24) is 35.7 Å². The minimum atomic E-state index is -0.449. The number of fused-ring (bicyclic) bond motifs is 1. The molecule has 1 unspecified atom stereocenters. The maximum atomic E-state index is 12.6. The quantitative estimate of drug-likeness (QED) is 0.658. The molecular formula is C18H21N7O3. The number of carbonyl (C=O) groups is 3. The lowest BCUT2D eigenvalue weighted by Gasteiger charge is -2.29. The SMILES string of the molecule is Cc1cnc(CNC(=O)c2n[nH]c3c2CCN(C(=O)C2CCC(=O)N2)C3)cn1. The Bertz CT molecular complexity index is 922. The Labute approximate surface area is 161 Å². The average molecular weight is 383 g/mol. The van der Waals surface area contributed by atoms with E-state index in [1.165, 1.54) is 0 Å². The fraction of sp³-hybridized carbons (Fsp3) is 0.444. The molecule has 0 saturated carbocycles. The van der Waals surface area contributed by atoms with Crippen LogP contribution < -0.4 is 10.6 Å². The van der Waals surface area contributed by atoms with Gasteiger partial charge < -0.3 is 15.5 Å². The molecule has 10 heteroatoms. The van der Waals surface area contributed by atoms with Crippen molar-refractivity contribution < 1.29 is 14.4 Å². The first-order valence-corrected chi connectivity index (χ1v) is 9.21. The molecular weight excluding hydrogens is 362 g/mol. The summed E-state index contributed by atoms with van der Waals surface area (Å²) in [5.74, 6) is -0.465. The highest BCUT2D eigenvalue weighted by Gasteiger charge is 2.34. The van der Waals surface area contributed by atoms with Gasteiger partial charge in [0, 0.05) is 24.7 Å². The van der Waals surface area contributed by atoms with Gasteiger partial charge in [0.15, 0.2) is 5.69 Å². The normalized spacial score (nSPS) is 18.5. The van der Waals surface area contributed by atoms with Crippen LogP contribution in [0.2, 0.25) is 0 Å². The molecule has 2 aliphatic rings. The van der Waals surface area contributed by atoms with Gasteiger partial charge in [0.25, 0.3) is 5.91 Å². The van der Waals surface area contributed by atoms with Crippen LogP contribution in [0.3, 0.4) is 0 Å². The summed E-state index contributed by atoms with van der Waals surface area (Å²) in [5.41, 5.74) is 3.40. The summed E-state index contributed by atoms with van der Waals surface area (Å²) in [6.45, 7) is 2.95. The standard InChI is InChI=1S/C18H21N7O3/c1-10-6-20-11(7-19-10)8-21-17(27)16-12-4-5-25(9-14(12)23-24-16)18(28)13-2-3-15(26)22-13/h6-7,13H,2-5,8-9H2,1H3,(H,21,27)(H,22,26)(H,23,24). The van der Waals surface area contributed by atoms with Crippen LogP contribution in [-0.2, 0) is 29.1 Å². The summed E-state index contributed by atoms with van der Waals surface area (Å²) in [4.78, 5) is 46.5. The number of aromatic nitrogens is 4. The Morgan fingerprint density at radius 1 is 1.29 bits per heavy atom. The van der Waals surface area contributed by atoms with E-state index in [2.05, 4.69) is 30.8 Å². The number of amides is 3. The van der Waals surface area contributed by atoms with Crippen molar-refractivity contribution in [3.05, 3.63) is 40.7 Å². The summed E-state index contributed by atoms with van der Waals surface area (Å²) in [5, 5.41) is 12.5. The number of rotatable bonds is 4. The second kappa shape index (κ2) is 7.37. The molecule has 3 N–H and O–H groups in total. The number of H-pyrrole nitrogens is 1. The molecule has 2 aliphatic heterocycles. The van der Waals surface area contributed by atoms with Crippen molar-refractivity contribution in [2.45, 2.75) is 45.3 Å². The number of nitrogens with one attached hydrogen (secondary N) is 3. The number of hydrogen-bond acceptors (Lipinski definition) is 6. The minimum Gasteiger partial charge on any atom is -0.345 e. The van der Waals surface area contributed by atoms with E-state index in [-0.39, 0.29) is 24.3 Å². The van der Waals surface area contributed by atoms with Crippen LogP contribution in [0.25, 0.3) is 0 Å². The van der Waals surface area contributed by atoms with Gasteiger partial charge in [-0.3, -0.25) is 29.5 Å². The minimum absolute atomic E-state index is 0.0879. The lowest BCUT2D eigenvalue weighted by molar-refractivity contribution is -0.135. The molecule has 4 rings (SSSR count). The molecule has 0 aliphatic carbocycles. The molecule has 2 aromatic rings. The monoisotopic (exact) mass is 383 g/mol. The number of aromatic amines is 1. The first-order valence-electron chi connectivity index (χ1n) is 9.21. The third kappa shape index (κ3) is 3.57. The molecule has 28 heavy (non-hydrogen) atoms. The average Bonchev–Trinajstić information content (AvgIpc) is 3.32. The topological polar surface area (TPSA) is 133 Å². The fourth-order valence-electron chi connectivity index (χ4n) is 3.48. The van der Waals surface area contributed by atoms with Gasteiger partial charge in [-0.1, -0.05) is 0 Å². The molecule has 0 aromatic carbocycles. The van der Waals surface area contributed by atoms with Crippen LogP contribution in [0.5, 0.6) is 0 Å². The summed E-state index contributed by atoms with van der Waals surface area (Å²) in [6, 6.07) is -0.449. The zero-order valence-electron chi connectivity index (χ0n) is 15.5. The maximum absolute atomic E-state index is 12.6. The Balaban J connectivity index is 1.39. The van der Waals surface area contributed by atoms with Crippen molar-refractivity contribution in [3.63, 3.8) is 0 Å². The van der Waals surface area contributed by atoms with E-state index in [4.69, 9.17) is 0 Å². The molecule has 1 saturated heterocycles. The van der Waals surface area contributed by atoms with Crippen molar-refractivity contribution in [3.8, 4) is 0 Å². The van der Waals surface area contributed by atoms with Crippen molar-refractivity contribution in [2.75, 3.05) is 6.54 Å². The highest BCUT2D eigenvalue weighted by molar-refractivity contribution is 5.94. The van der Waals surface area contributed by atoms with Crippen molar-refractivity contribution in [1.29, 1.82) is 0 Å². The van der Waals surface area contributed by atoms with Gasteiger partial charge in [-0.05, 0) is 19.8 Å². The predicted molar refractivity (Wildman–Crippen MR) is 96.8 cm³/mol. The first-order chi connectivity index (χ1) is 13.5. The van der Waals surface area contributed by atoms with Gasteiger partial charge in [0.05, 0.1) is 36.4 Å². The highest BCUT2D eigenvalue weighted by atomic mass is 16.2. The van der Waals surface area contributed by atoms with E-state index in [0.29, 0.717) is 43.7 Å². The van der Waals surface area contributed by atoms with E-state index < -0.39 is 6.04 Å². The molecule has 10 nitrogen and oxygen atoms in total. The molecule has 2 aromatic heterocycles. The lowest BCUT2D eigenvalue weighted by atomic mass is 10.0. The second-order valence-corrected chi connectivity index (χ2v) is 7.03. The van der Waals surface area contributed by atoms with Crippen LogP contribution in [-0.4, -0.2) is 55.4 Å². The molecule has 146 valence electrons. The predicted octanol–water partition coefficient (Wildman–Crippen LogP) is -0.399. The summed E-state index contributed by atoms with van der Waals surface area (Å²) in [6.07, 6.45) is 4.72. The van der Waals surface area contributed by atoms with Gasteiger partial charge in [-0.15, -0.1) is 0 Å². The molecule has 0 bridgehead atoms. The van der Waals surface area contributed by atoms with Gasteiger partial charge in [0.1, 0.15) is 6.04 Å². The van der Waals surface area contributed by atoms with Gasteiger partial charge >= 0.3 is 0 Å². The van der Waals surface area contributed by atoms with Crippen LogP contribution in [0.4, 0.5) is 0 Å². The second-order valence-electron chi connectivity index (χ2n) is 7.03. The van der Waals surface area contributed by atoms with Gasteiger partial charge in [-0.2, -0.15) is 5.10 Å². The van der Waals surface area contributed by atoms with Crippen LogP contribution in [0.15, 0.2) is 12.4 Å². The van der Waals surface area contributed by atoms with Crippen LogP contribution in [0, 0.1) is 6.92 Å². The van der Waals surface area contributed by atoms with Crippen LogP contribution in [0.1, 0.15) is 46.0 Å². The van der Waals surface area contributed by atoms with E-state index >= 15 is 0 Å². The highest BCUT2D eigenvalue weighted by Crippen LogP contribution is 2.22. The summed E-state index contributed by atoms with van der Waals surface area (Å²) in [7, 11) is 0. The number of aryl methyl sites for hydroxylation is 1. The number of nitrogens with zero attached hydrogens (tertiary/aromatic N) is 4.